The van der Waals surface area contributed by atoms with Crippen molar-refractivity contribution in [1.29, 1.82) is 0 Å². The highest BCUT2D eigenvalue weighted by atomic mass is 16.5. The van der Waals surface area contributed by atoms with Gasteiger partial charge in [0, 0.05) is 12.6 Å². The lowest BCUT2D eigenvalue weighted by Gasteiger charge is -2.28. The molecule has 1 N–H and O–H groups in total. The normalized spacial score (nSPS) is 19.6. The molecule has 5 heteroatoms. The molecule has 0 bridgehead atoms. The van der Waals surface area contributed by atoms with Crippen molar-refractivity contribution < 1.29 is 4.52 Å². The quantitative estimate of drug-likeness (QED) is 0.843. The highest BCUT2D eigenvalue weighted by Crippen LogP contribution is 2.10. The molecule has 1 fully saturated rings. The van der Waals surface area contributed by atoms with Crippen LogP contribution in [0.25, 0.3) is 0 Å². The maximum Gasteiger partial charge on any atom is 0.321 e. The van der Waals surface area contributed by atoms with Gasteiger partial charge in [0.2, 0.25) is 0 Å². The van der Waals surface area contributed by atoms with Gasteiger partial charge in [-0.05, 0) is 39.8 Å². The Balaban J connectivity index is 1.77. The molecule has 0 aliphatic carbocycles. The standard InChI is InChI=1S/C11H20N4O/c1-9(8-15-6-4-3-5-7-15)12-11-13-10(2)14-16-11/h9H,3-8H2,1-2H3,(H,12,13,14). The van der Waals surface area contributed by atoms with Crippen molar-refractivity contribution in [3.63, 3.8) is 0 Å². The summed E-state index contributed by atoms with van der Waals surface area (Å²) >= 11 is 0. The topological polar surface area (TPSA) is 54.2 Å². The molecule has 0 saturated carbocycles. The summed E-state index contributed by atoms with van der Waals surface area (Å²) < 4.78 is 5.03. The van der Waals surface area contributed by atoms with E-state index < -0.39 is 0 Å². The third kappa shape index (κ3) is 3.20. The predicted octanol–water partition coefficient (Wildman–Crippen LogP) is 1.66. The number of rotatable bonds is 4. The first-order valence-electron chi connectivity index (χ1n) is 6.03. The van der Waals surface area contributed by atoms with Gasteiger partial charge in [-0.15, -0.1) is 0 Å². The van der Waals surface area contributed by atoms with Crippen LogP contribution in [0.4, 0.5) is 6.01 Å². The summed E-state index contributed by atoms with van der Waals surface area (Å²) in [5.41, 5.74) is 0. The van der Waals surface area contributed by atoms with E-state index in [1.54, 1.807) is 0 Å². The third-order valence-electron chi connectivity index (χ3n) is 2.88. The predicted molar refractivity (Wildman–Crippen MR) is 62.4 cm³/mol. The van der Waals surface area contributed by atoms with Crippen LogP contribution in [0.3, 0.4) is 0 Å². The molecule has 0 amide bonds. The third-order valence-corrected chi connectivity index (χ3v) is 2.88. The summed E-state index contributed by atoms with van der Waals surface area (Å²) in [6.07, 6.45) is 4.03. The van der Waals surface area contributed by atoms with E-state index in [0.29, 0.717) is 17.9 Å². The van der Waals surface area contributed by atoms with E-state index in [-0.39, 0.29) is 0 Å². The summed E-state index contributed by atoms with van der Waals surface area (Å²) in [6, 6.07) is 0.875. The molecule has 2 rings (SSSR count). The van der Waals surface area contributed by atoms with Gasteiger partial charge in [-0.1, -0.05) is 11.6 Å². The lowest BCUT2D eigenvalue weighted by molar-refractivity contribution is 0.222. The van der Waals surface area contributed by atoms with E-state index >= 15 is 0 Å². The Morgan fingerprint density at radius 1 is 1.38 bits per heavy atom. The molecule has 1 saturated heterocycles. The zero-order valence-corrected chi connectivity index (χ0v) is 10.1. The van der Waals surface area contributed by atoms with E-state index in [0.717, 1.165) is 6.54 Å². The summed E-state index contributed by atoms with van der Waals surface area (Å²) in [7, 11) is 0. The van der Waals surface area contributed by atoms with Crippen LogP contribution < -0.4 is 5.32 Å². The molecule has 0 aromatic carbocycles. The zero-order chi connectivity index (χ0) is 11.4. The number of aromatic nitrogens is 2. The molecule has 0 radical (unpaired) electrons. The fraction of sp³-hybridized carbons (Fsp3) is 0.818. The number of nitrogens with one attached hydrogen (secondary N) is 1. The van der Waals surface area contributed by atoms with Gasteiger partial charge in [0.05, 0.1) is 0 Å². The second-order valence-corrected chi connectivity index (χ2v) is 4.55. The summed E-state index contributed by atoms with van der Waals surface area (Å²) in [6.45, 7) is 7.45. The van der Waals surface area contributed by atoms with Crippen LogP contribution in [0.5, 0.6) is 0 Å². The van der Waals surface area contributed by atoms with Gasteiger partial charge in [-0.2, -0.15) is 4.98 Å². The Bertz CT molecular complexity index is 320. The minimum atomic E-state index is 0.345. The molecular weight excluding hydrogens is 204 g/mol. The molecule has 0 spiro atoms. The Hall–Kier alpha value is -1.10. The first-order chi connectivity index (χ1) is 7.74. The van der Waals surface area contributed by atoms with E-state index in [9.17, 15) is 0 Å². The highest BCUT2D eigenvalue weighted by Gasteiger charge is 2.14. The van der Waals surface area contributed by atoms with Crippen LogP contribution >= 0.6 is 0 Å². The van der Waals surface area contributed by atoms with Gasteiger partial charge in [0.25, 0.3) is 0 Å². The van der Waals surface area contributed by atoms with Crippen LogP contribution in [-0.4, -0.2) is 40.7 Å². The molecule has 1 atom stereocenters. The number of hydrogen-bond donors (Lipinski definition) is 1. The molecular formula is C11H20N4O. The van der Waals surface area contributed by atoms with Gasteiger partial charge in [-0.25, -0.2) is 0 Å². The van der Waals surface area contributed by atoms with Gasteiger partial charge in [0.1, 0.15) is 0 Å². The Kier molecular flexibility index (Phi) is 3.77. The molecule has 2 heterocycles. The SMILES string of the molecule is Cc1noc(NC(C)CN2CCCCC2)n1. The summed E-state index contributed by atoms with van der Waals surface area (Å²) in [4.78, 5) is 6.63. The summed E-state index contributed by atoms with van der Waals surface area (Å²) in [5.74, 6) is 0.674. The van der Waals surface area contributed by atoms with Crippen LogP contribution in [0, 0.1) is 6.92 Å². The molecule has 1 unspecified atom stereocenters. The lowest BCUT2D eigenvalue weighted by atomic mass is 10.1. The van der Waals surface area contributed by atoms with E-state index in [4.69, 9.17) is 4.52 Å². The molecule has 1 aromatic rings. The first kappa shape index (κ1) is 11.4. The number of hydrogen-bond acceptors (Lipinski definition) is 5. The van der Waals surface area contributed by atoms with Gasteiger partial charge in [-0.3, -0.25) is 0 Å². The molecule has 1 aliphatic rings. The average Bonchev–Trinajstić information content (AvgIpc) is 2.65. The second-order valence-electron chi connectivity index (χ2n) is 4.55. The fourth-order valence-corrected chi connectivity index (χ4v) is 2.14. The monoisotopic (exact) mass is 224 g/mol. The van der Waals surface area contributed by atoms with Gasteiger partial charge >= 0.3 is 6.01 Å². The Morgan fingerprint density at radius 2 is 2.12 bits per heavy atom. The molecule has 5 nitrogen and oxygen atoms in total. The van der Waals surface area contributed by atoms with Crippen molar-refractivity contribution in [2.75, 3.05) is 25.0 Å². The van der Waals surface area contributed by atoms with Crippen molar-refractivity contribution in [1.82, 2.24) is 15.0 Å². The highest BCUT2D eigenvalue weighted by molar-refractivity contribution is 5.19. The second kappa shape index (κ2) is 5.30. The van der Waals surface area contributed by atoms with Crippen molar-refractivity contribution in [3.05, 3.63) is 5.82 Å². The van der Waals surface area contributed by atoms with Crippen LogP contribution in [-0.2, 0) is 0 Å². The number of piperidine rings is 1. The number of aryl methyl sites for hydroxylation is 1. The lowest BCUT2D eigenvalue weighted by Crippen LogP contribution is -2.38. The summed E-state index contributed by atoms with van der Waals surface area (Å²) in [5, 5.41) is 6.98. The fourth-order valence-electron chi connectivity index (χ4n) is 2.14. The Labute approximate surface area is 96.2 Å². The van der Waals surface area contributed by atoms with Crippen molar-refractivity contribution in [2.24, 2.45) is 0 Å². The van der Waals surface area contributed by atoms with Crippen molar-refractivity contribution in [2.45, 2.75) is 39.2 Å². The van der Waals surface area contributed by atoms with E-state index in [1.165, 1.54) is 32.4 Å². The molecule has 16 heavy (non-hydrogen) atoms. The van der Waals surface area contributed by atoms with Gasteiger partial charge in [0.15, 0.2) is 5.82 Å². The number of anilines is 1. The van der Waals surface area contributed by atoms with Gasteiger partial charge < -0.3 is 14.7 Å². The van der Waals surface area contributed by atoms with Crippen molar-refractivity contribution in [3.8, 4) is 0 Å². The van der Waals surface area contributed by atoms with Crippen LogP contribution in [0.2, 0.25) is 0 Å². The molecule has 90 valence electrons. The molecule has 1 aromatic heterocycles. The van der Waals surface area contributed by atoms with Crippen LogP contribution in [0.15, 0.2) is 4.52 Å². The largest absolute Gasteiger partial charge is 0.334 e. The van der Waals surface area contributed by atoms with E-state index in [1.807, 2.05) is 6.92 Å². The first-order valence-corrected chi connectivity index (χ1v) is 6.03. The minimum absolute atomic E-state index is 0.345. The zero-order valence-electron chi connectivity index (χ0n) is 10.1. The van der Waals surface area contributed by atoms with Crippen molar-refractivity contribution >= 4 is 6.01 Å². The molecule has 1 aliphatic heterocycles. The maximum atomic E-state index is 5.03. The number of likely N-dealkylation sites (tertiary alicyclic amines) is 1. The number of nitrogens with zero attached hydrogens (tertiary/aromatic N) is 3. The van der Waals surface area contributed by atoms with E-state index in [2.05, 4.69) is 27.3 Å². The Morgan fingerprint density at radius 3 is 2.75 bits per heavy atom. The maximum absolute atomic E-state index is 5.03. The minimum Gasteiger partial charge on any atom is -0.334 e. The smallest absolute Gasteiger partial charge is 0.321 e. The average molecular weight is 224 g/mol. The van der Waals surface area contributed by atoms with Crippen LogP contribution in [0.1, 0.15) is 32.0 Å².